The van der Waals surface area contributed by atoms with Crippen molar-refractivity contribution in [2.75, 3.05) is 0 Å². The highest BCUT2D eigenvalue weighted by atomic mass is 19.4. The molecule has 1 rings (SSSR count). The molecule has 0 aliphatic heterocycles. The zero-order valence-corrected chi connectivity index (χ0v) is 13.7. The molecule has 0 fully saturated rings. The molecule has 24 heavy (non-hydrogen) atoms. The minimum Gasteiger partial charge on any atom is -0.481 e. The van der Waals surface area contributed by atoms with E-state index in [0.717, 1.165) is 12.1 Å². The lowest BCUT2D eigenvalue weighted by Crippen LogP contribution is -2.43. The first-order valence-corrected chi connectivity index (χ1v) is 7.68. The summed E-state index contributed by atoms with van der Waals surface area (Å²) < 4.78 is 37.9. The van der Waals surface area contributed by atoms with Crippen molar-refractivity contribution < 1.29 is 27.9 Å². The number of alkyl halides is 3. The van der Waals surface area contributed by atoms with Crippen molar-refractivity contribution in [3.63, 3.8) is 0 Å². The SMILES string of the molecule is CC(C)(CCC(=O)O)NC(=O)CCCc1cccc(C(F)(F)F)c1. The molecule has 0 radical (unpaired) electrons. The number of rotatable bonds is 8. The van der Waals surface area contributed by atoms with Gasteiger partial charge in [-0.25, -0.2) is 0 Å². The van der Waals surface area contributed by atoms with Crippen LogP contribution in [0.4, 0.5) is 13.2 Å². The first kappa shape index (κ1) is 20.0. The van der Waals surface area contributed by atoms with Crippen molar-refractivity contribution >= 4 is 11.9 Å². The second kappa shape index (κ2) is 8.17. The molecule has 0 saturated carbocycles. The fourth-order valence-electron chi connectivity index (χ4n) is 2.28. The Morgan fingerprint density at radius 2 is 1.83 bits per heavy atom. The van der Waals surface area contributed by atoms with Crippen LogP contribution >= 0.6 is 0 Å². The highest BCUT2D eigenvalue weighted by Crippen LogP contribution is 2.29. The molecule has 0 bridgehead atoms. The van der Waals surface area contributed by atoms with E-state index >= 15 is 0 Å². The van der Waals surface area contributed by atoms with Gasteiger partial charge in [-0.1, -0.05) is 18.2 Å². The zero-order chi connectivity index (χ0) is 18.4. The number of amides is 1. The van der Waals surface area contributed by atoms with E-state index in [1.165, 1.54) is 6.07 Å². The Bertz CT molecular complexity index is 583. The summed E-state index contributed by atoms with van der Waals surface area (Å²) in [6.45, 7) is 3.47. The van der Waals surface area contributed by atoms with Gasteiger partial charge in [0, 0.05) is 18.4 Å². The van der Waals surface area contributed by atoms with Gasteiger partial charge in [-0.05, 0) is 44.7 Å². The van der Waals surface area contributed by atoms with Crippen LogP contribution in [0, 0.1) is 0 Å². The van der Waals surface area contributed by atoms with Gasteiger partial charge in [0.1, 0.15) is 0 Å². The fraction of sp³-hybridized carbons (Fsp3) is 0.529. The summed E-state index contributed by atoms with van der Waals surface area (Å²) in [7, 11) is 0. The van der Waals surface area contributed by atoms with Gasteiger partial charge < -0.3 is 10.4 Å². The topological polar surface area (TPSA) is 66.4 Å². The number of halogens is 3. The molecule has 2 N–H and O–H groups in total. The van der Waals surface area contributed by atoms with Crippen molar-refractivity contribution in [3.8, 4) is 0 Å². The van der Waals surface area contributed by atoms with Crippen LogP contribution in [0.15, 0.2) is 24.3 Å². The maximum atomic E-state index is 12.6. The first-order chi connectivity index (χ1) is 11.0. The Labute approximate surface area is 139 Å². The van der Waals surface area contributed by atoms with E-state index in [-0.39, 0.29) is 18.7 Å². The van der Waals surface area contributed by atoms with E-state index in [2.05, 4.69) is 5.32 Å². The summed E-state index contributed by atoms with van der Waals surface area (Å²) in [6, 6.07) is 5.06. The minimum atomic E-state index is -4.37. The molecule has 134 valence electrons. The lowest BCUT2D eigenvalue weighted by Gasteiger charge is -2.25. The van der Waals surface area contributed by atoms with Gasteiger partial charge in [-0.3, -0.25) is 9.59 Å². The molecule has 4 nitrogen and oxygen atoms in total. The van der Waals surface area contributed by atoms with Crippen LogP contribution in [0.5, 0.6) is 0 Å². The minimum absolute atomic E-state index is 0.0441. The lowest BCUT2D eigenvalue weighted by molar-refractivity contribution is -0.138. The molecular weight excluding hydrogens is 323 g/mol. The summed E-state index contributed by atoms with van der Waals surface area (Å²) in [5, 5.41) is 11.4. The van der Waals surface area contributed by atoms with Crippen molar-refractivity contribution in [3.05, 3.63) is 35.4 Å². The van der Waals surface area contributed by atoms with Gasteiger partial charge in [-0.15, -0.1) is 0 Å². The van der Waals surface area contributed by atoms with Crippen LogP contribution in [0.25, 0.3) is 0 Å². The number of carbonyl (C=O) groups is 2. The lowest BCUT2D eigenvalue weighted by atomic mass is 9.97. The predicted octanol–water partition coefficient (Wildman–Crippen LogP) is 3.79. The second-order valence-electron chi connectivity index (χ2n) is 6.38. The average Bonchev–Trinajstić information content (AvgIpc) is 2.44. The molecule has 1 aromatic carbocycles. The number of carboxylic acid groups (broad SMARTS) is 1. The molecule has 0 aliphatic carbocycles. The number of aliphatic carboxylic acids is 1. The van der Waals surface area contributed by atoms with E-state index in [1.807, 2.05) is 0 Å². The predicted molar refractivity (Wildman–Crippen MR) is 83.5 cm³/mol. The molecule has 0 atom stereocenters. The number of aryl methyl sites for hydroxylation is 1. The summed E-state index contributed by atoms with van der Waals surface area (Å²) >= 11 is 0. The maximum Gasteiger partial charge on any atom is 0.416 e. The molecule has 0 aromatic heterocycles. The Morgan fingerprint density at radius 1 is 1.17 bits per heavy atom. The second-order valence-corrected chi connectivity index (χ2v) is 6.38. The van der Waals surface area contributed by atoms with E-state index in [4.69, 9.17) is 5.11 Å². The highest BCUT2D eigenvalue weighted by molar-refractivity contribution is 5.76. The van der Waals surface area contributed by atoms with Gasteiger partial charge >= 0.3 is 12.1 Å². The molecular formula is C17H22F3NO3. The summed E-state index contributed by atoms with van der Waals surface area (Å²) in [5.41, 5.74) is -0.798. The monoisotopic (exact) mass is 345 g/mol. The highest BCUT2D eigenvalue weighted by Gasteiger charge is 2.30. The number of benzene rings is 1. The summed E-state index contributed by atoms with van der Waals surface area (Å²) in [4.78, 5) is 22.4. The third-order valence-corrected chi connectivity index (χ3v) is 3.57. The summed E-state index contributed by atoms with van der Waals surface area (Å²) in [5.74, 6) is -1.17. The zero-order valence-electron chi connectivity index (χ0n) is 13.7. The average molecular weight is 345 g/mol. The van der Waals surface area contributed by atoms with Crippen LogP contribution in [0.3, 0.4) is 0 Å². The van der Waals surface area contributed by atoms with Gasteiger partial charge in [-0.2, -0.15) is 13.2 Å². The van der Waals surface area contributed by atoms with Gasteiger partial charge in [0.2, 0.25) is 5.91 Å². The Morgan fingerprint density at radius 3 is 2.42 bits per heavy atom. The van der Waals surface area contributed by atoms with E-state index in [1.54, 1.807) is 19.9 Å². The first-order valence-electron chi connectivity index (χ1n) is 7.68. The molecule has 0 aliphatic rings. The van der Waals surface area contributed by atoms with E-state index in [0.29, 0.717) is 24.8 Å². The van der Waals surface area contributed by atoms with Crippen molar-refractivity contribution in [2.24, 2.45) is 0 Å². The van der Waals surface area contributed by atoms with Crippen molar-refractivity contribution in [1.29, 1.82) is 0 Å². The fourth-order valence-corrected chi connectivity index (χ4v) is 2.28. The molecule has 7 heteroatoms. The summed E-state index contributed by atoms with van der Waals surface area (Å²) in [6.07, 6.45) is -3.15. The van der Waals surface area contributed by atoms with Gasteiger partial charge in [0.25, 0.3) is 0 Å². The Kier molecular flexibility index (Phi) is 6.81. The normalized spacial score (nSPS) is 12.0. The Balaban J connectivity index is 2.44. The quantitative estimate of drug-likeness (QED) is 0.753. The molecule has 1 aromatic rings. The standard InChI is InChI=1S/C17H22F3NO3/c1-16(2,10-9-15(23)24)21-14(22)8-4-6-12-5-3-7-13(11-12)17(18,19)20/h3,5,7,11H,4,6,8-10H2,1-2H3,(H,21,22)(H,23,24). The van der Waals surface area contributed by atoms with E-state index in [9.17, 15) is 22.8 Å². The van der Waals surface area contributed by atoms with Crippen LogP contribution in [0.2, 0.25) is 0 Å². The van der Waals surface area contributed by atoms with Crippen molar-refractivity contribution in [2.45, 2.75) is 57.7 Å². The van der Waals surface area contributed by atoms with Crippen LogP contribution in [0.1, 0.15) is 50.7 Å². The third kappa shape index (κ3) is 7.48. The number of carboxylic acids is 1. The van der Waals surface area contributed by atoms with Gasteiger partial charge in [0.05, 0.1) is 5.56 Å². The molecule has 0 spiro atoms. The third-order valence-electron chi connectivity index (χ3n) is 3.57. The number of hydrogen-bond donors (Lipinski definition) is 2. The maximum absolute atomic E-state index is 12.6. The van der Waals surface area contributed by atoms with Crippen molar-refractivity contribution in [1.82, 2.24) is 5.32 Å². The Hall–Kier alpha value is -2.05. The van der Waals surface area contributed by atoms with Crippen LogP contribution < -0.4 is 5.32 Å². The van der Waals surface area contributed by atoms with Crippen LogP contribution in [-0.2, 0) is 22.2 Å². The van der Waals surface area contributed by atoms with Crippen LogP contribution in [-0.4, -0.2) is 22.5 Å². The largest absolute Gasteiger partial charge is 0.481 e. The number of hydrogen-bond acceptors (Lipinski definition) is 2. The smallest absolute Gasteiger partial charge is 0.416 e. The number of carbonyl (C=O) groups excluding carboxylic acids is 1. The molecule has 0 heterocycles. The molecule has 0 saturated heterocycles. The molecule has 1 amide bonds. The van der Waals surface area contributed by atoms with E-state index < -0.39 is 23.2 Å². The number of nitrogens with one attached hydrogen (secondary N) is 1. The molecule has 0 unspecified atom stereocenters. The van der Waals surface area contributed by atoms with Gasteiger partial charge in [0.15, 0.2) is 0 Å².